The largest absolute Gasteiger partial charge is 0.444 e. The van der Waals surface area contributed by atoms with Crippen LogP contribution in [0.5, 0.6) is 0 Å². The van der Waals surface area contributed by atoms with E-state index in [4.69, 9.17) is 31.0 Å². The number of aryl methyl sites for hydroxylation is 1. The Bertz CT molecular complexity index is 1320. The molecule has 11 nitrogen and oxygen atoms in total. The van der Waals surface area contributed by atoms with E-state index in [0.717, 1.165) is 42.8 Å². The minimum absolute atomic E-state index is 0.0121. The summed E-state index contributed by atoms with van der Waals surface area (Å²) in [6.07, 6.45) is 4.65. The van der Waals surface area contributed by atoms with E-state index in [1.54, 1.807) is 6.20 Å². The summed E-state index contributed by atoms with van der Waals surface area (Å²) in [6, 6.07) is 1.71. The van der Waals surface area contributed by atoms with Gasteiger partial charge in [0.2, 0.25) is 0 Å². The van der Waals surface area contributed by atoms with E-state index in [1.807, 2.05) is 40.7 Å². The summed E-state index contributed by atoms with van der Waals surface area (Å²) in [7, 11) is 0. The molecular weight excluding hydrogens is 592 g/mol. The zero-order valence-corrected chi connectivity index (χ0v) is 27.2. The van der Waals surface area contributed by atoms with Crippen molar-refractivity contribution in [2.45, 2.75) is 101 Å². The van der Waals surface area contributed by atoms with Crippen molar-refractivity contribution >= 4 is 41.1 Å². The summed E-state index contributed by atoms with van der Waals surface area (Å²) >= 11 is 8.23. The number of aliphatic hydroxyl groups excluding tert-OH is 2. The van der Waals surface area contributed by atoms with Crippen LogP contribution in [-0.4, -0.2) is 87.9 Å². The zero-order valence-electron chi connectivity index (χ0n) is 25.6. The van der Waals surface area contributed by atoms with Gasteiger partial charge in [-0.05, 0) is 66.4 Å². The predicted octanol–water partition coefficient (Wildman–Crippen LogP) is 4.34. The Kier molecular flexibility index (Phi) is 9.63. The molecule has 13 heteroatoms. The highest BCUT2D eigenvalue weighted by atomic mass is 35.5. The average Bonchev–Trinajstić information content (AvgIpc) is 3.55. The van der Waals surface area contributed by atoms with Gasteiger partial charge in [-0.15, -0.1) is 0 Å². The normalized spacial score (nSPS) is 23.7. The molecule has 0 bridgehead atoms. The van der Waals surface area contributed by atoms with Crippen LogP contribution >= 0.6 is 23.4 Å². The smallest absolute Gasteiger partial charge is 0.407 e. The van der Waals surface area contributed by atoms with Crippen molar-refractivity contribution in [1.29, 1.82) is 0 Å². The standard InChI is InChI=1S/C30H43ClN6O5S/c1-18-27(43-22-8-11-32-26(23(22)31)37-12-6-7-20(37)15-38)34-21(16-39)25(33-18)36-13-9-30(10-14-36)17-41-19(2)24(30)35-28(40)42-29(3,4)5/h8,11,19-20,24,38-39H,6-7,9-10,12-17H2,1-5H3,(H,35,40)/t19-,20?,24+/m0/s1. The van der Waals surface area contributed by atoms with Crippen LogP contribution in [0.4, 0.5) is 16.4 Å². The molecule has 3 N–H and O–H groups in total. The molecule has 1 unspecified atom stereocenters. The number of hydrogen-bond acceptors (Lipinski definition) is 11. The molecule has 1 spiro atoms. The fraction of sp³-hybridized carbons (Fsp3) is 0.667. The maximum absolute atomic E-state index is 12.6. The van der Waals surface area contributed by atoms with Gasteiger partial charge in [-0.1, -0.05) is 23.4 Å². The first-order valence-corrected chi connectivity index (χ1v) is 16.2. The monoisotopic (exact) mass is 634 g/mol. The molecule has 3 fully saturated rings. The Morgan fingerprint density at radius 2 is 1.98 bits per heavy atom. The lowest BCUT2D eigenvalue weighted by Crippen LogP contribution is -2.55. The van der Waals surface area contributed by atoms with Gasteiger partial charge in [0.25, 0.3) is 0 Å². The van der Waals surface area contributed by atoms with Crippen LogP contribution in [0.25, 0.3) is 0 Å². The summed E-state index contributed by atoms with van der Waals surface area (Å²) in [4.78, 5) is 31.9. The number of alkyl carbamates (subject to hydrolysis) is 1. The van der Waals surface area contributed by atoms with Crippen LogP contribution in [0, 0.1) is 12.3 Å². The molecule has 3 aliphatic heterocycles. The molecule has 5 rings (SSSR count). The van der Waals surface area contributed by atoms with Crippen LogP contribution in [0.3, 0.4) is 0 Å². The van der Waals surface area contributed by atoms with Crippen LogP contribution in [0.1, 0.15) is 64.8 Å². The Morgan fingerprint density at radius 3 is 2.65 bits per heavy atom. The number of pyridine rings is 1. The first-order chi connectivity index (χ1) is 20.4. The number of rotatable bonds is 7. The number of anilines is 2. The molecule has 2 aromatic heterocycles. The van der Waals surface area contributed by atoms with Crippen molar-refractivity contribution in [3.63, 3.8) is 0 Å². The third-order valence-corrected chi connectivity index (χ3v) is 10.2. The van der Waals surface area contributed by atoms with E-state index < -0.39 is 11.7 Å². The number of hydrogen-bond donors (Lipinski definition) is 3. The highest BCUT2D eigenvalue weighted by molar-refractivity contribution is 7.99. The molecule has 2 aromatic rings. The number of piperidine rings is 1. The second kappa shape index (κ2) is 12.9. The van der Waals surface area contributed by atoms with Gasteiger partial charge in [0.1, 0.15) is 22.1 Å². The fourth-order valence-electron chi connectivity index (χ4n) is 6.39. The molecule has 3 aliphatic rings. The van der Waals surface area contributed by atoms with Gasteiger partial charge in [0, 0.05) is 36.1 Å². The highest BCUT2D eigenvalue weighted by Crippen LogP contribution is 2.44. The predicted molar refractivity (Wildman–Crippen MR) is 166 cm³/mol. The summed E-state index contributed by atoms with van der Waals surface area (Å²) < 4.78 is 11.6. The molecule has 0 radical (unpaired) electrons. The van der Waals surface area contributed by atoms with E-state index in [9.17, 15) is 15.0 Å². The average molecular weight is 635 g/mol. The Morgan fingerprint density at radius 1 is 1.23 bits per heavy atom. The topological polar surface area (TPSA) is 133 Å². The van der Waals surface area contributed by atoms with Crippen molar-refractivity contribution in [3.8, 4) is 0 Å². The molecule has 1 amide bonds. The van der Waals surface area contributed by atoms with Gasteiger partial charge in [-0.3, -0.25) is 0 Å². The minimum atomic E-state index is -0.577. The maximum Gasteiger partial charge on any atom is 0.407 e. The van der Waals surface area contributed by atoms with Gasteiger partial charge < -0.3 is 34.8 Å². The number of carbonyl (C=O) groups excluding carboxylic acids is 1. The van der Waals surface area contributed by atoms with Gasteiger partial charge in [-0.2, -0.15) is 0 Å². The second-order valence-electron chi connectivity index (χ2n) is 12.8. The third kappa shape index (κ3) is 6.83. The van der Waals surface area contributed by atoms with Gasteiger partial charge >= 0.3 is 6.09 Å². The van der Waals surface area contributed by atoms with E-state index in [0.29, 0.717) is 47.1 Å². The van der Waals surface area contributed by atoms with Crippen molar-refractivity contribution in [1.82, 2.24) is 20.3 Å². The lowest BCUT2D eigenvalue weighted by atomic mass is 9.73. The first kappa shape index (κ1) is 32.0. The minimum Gasteiger partial charge on any atom is -0.444 e. The Balaban J connectivity index is 1.31. The van der Waals surface area contributed by atoms with Gasteiger partial charge in [0.05, 0.1) is 48.7 Å². The lowest BCUT2D eigenvalue weighted by molar-refractivity contribution is 0.0434. The third-order valence-electron chi connectivity index (χ3n) is 8.62. The number of ether oxygens (including phenoxy) is 2. The summed E-state index contributed by atoms with van der Waals surface area (Å²) in [5.41, 5.74) is 0.467. The molecule has 3 saturated heterocycles. The molecular formula is C30H43ClN6O5S. The first-order valence-electron chi connectivity index (χ1n) is 15.0. The SMILES string of the molecule is Cc1nc(N2CCC3(CC2)CO[C@@H](C)[C@H]3NC(=O)OC(C)(C)C)c(CO)nc1Sc1ccnc(N2CCCC2CO)c1Cl. The number of nitrogens with zero attached hydrogens (tertiary/aromatic N) is 5. The van der Waals surface area contributed by atoms with Crippen molar-refractivity contribution in [2.24, 2.45) is 5.41 Å². The van der Waals surface area contributed by atoms with Gasteiger partial charge in [0.15, 0.2) is 5.82 Å². The molecule has 5 heterocycles. The van der Waals surface area contributed by atoms with Crippen LogP contribution in [0.2, 0.25) is 5.02 Å². The molecule has 43 heavy (non-hydrogen) atoms. The van der Waals surface area contributed by atoms with Gasteiger partial charge in [-0.25, -0.2) is 19.7 Å². The van der Waals surface area contributed by atoms with Crippen LogP contribution in [-0.2, 0) is 16.1 Å². The number of aliphatic hydroxyl groups is 2. The van der Waals surface area contributed by atoms with Crippen molar-refractivity contribution in [2.75, 3.05) is 42.6 Å². The van der Waals surface area contributed by atoms with E-state index in [1.165, 1.54) is 11.8 Å². The number of carbonyl (C=O) groups is 1. The quantitative estimate of drug-likeness (QED) is 0.402. The zero-order chi connectivity index (χ0) is 30.9. The Labute approximate surface area is 262 Å². The number of nitrogens with one attached hydrogen (secondary N) is 1. The van der Waals surface area contributed by atoms with E-state index in [-0.39, 0.29) is 36.8 Å². The van der Waals surface area contributed by atoms with E-state index >= 15 is 0 Å². The molecule has 0 aliphatic carbocycles. The Hall–Kier alpha value is -2.38. The number of amides is 1. The van der Waals surface area contributed by atoms with Crippen LogP contribution in [0.15, 0.2) is 22.2 Å². The molecule has 0 saturated carbocycles. The maximum atomic E-state index is 12.6. The number of halogens is 1. The van der Waals surface area contributed by atoms with E-state index in [2.05, 4.69) is 20.1 Å². The van der Waals surface area contributed by atoms with Crippen LogP contribution < -0.4 is 15.1 Å². The molecule has 3 atom stereocenters. The summed E-state index contributed by atoms with van der Waals surface area (Å²) in [5.74, 6) is 1.34. The number of aromatic nitrogens is 3. The molecule has 236 valence electrons. The fourth-order valence-corrected chi connectivity index (χ4v) is 7.59. The highest BCUT2D eigenvalue weighted by Gasteiger charge is 2.50. The second-order valence-corrected chi connectivity index (χ2v) is 14.2. The van der Waals surface area contributed by atoms with Crippen molar-refractivity contribution in [3.05, 3.63) is 28.7 Å². The molecule has 0 aromatic carbocycles. The summed E-state index contributed by atoms with van der Waals surface area (Å²) in [5, 5.41) is 24.4. The summed E-state index contributed by atoms with van der Waals surface area (Å²) in [6.45, 7) is 12.0. The lowest BCUT2D eigenvalue weighted by Gasteiger charge is -2.43. The van der Waals surface area contributed by atoms with Crippen molar-refractivity contribution < 1.29 is 24.5 Å².